The first-order valence-corrected chi connectivity index (χ1v) is 7.93. The van der Waals surface area contributed by atoms with Gasteiger partial charge in [0.1, 0.15) is 0 Å². The highest BCUT2D eigenvalue weighted by atomic mass is 16.4. The Balaban J connectivity index is 1.86. The molecule has 0 aliphatic carbocycles. The van der Waals surface area contributed by atoms with Crippen LogP contribution in [0.15, 0.2) is 24.3 Å². The van der Waals surface area contributed by atoms with Gasteiger partial charge in [0.25, 0.3) is 0 Å². The normalized spacial score (nSPS) is 17.4. The van der Waals surface area contributed by atoms with Gasteiger partial charge in [0.05, 0.1) is 11.5 Å². The molecule has 7 nitrogen and oxygen atoms in total. The summed E-state index contributed by atoms with van der Waals surface area (Å²) in [6.45, 7) is 2.00. The molecule has 2 amide bonds. The van der Waals surface area contributed by atoms with Gasteiger partial charge in [-0.3, -0.25) is 9.59 Å². The van der Waals surface area contributed by atoms with Gasteiger partial charge in [0.2, 0.25) is 11.8 Å². The lowest BCUT2D eigenvalue weighted by Crippen LogP contribution is -2.30. The van der Waals surface area contributed by atoms with Gasteiger partial charge in [-0.2, -0.15) is 0 Å². The molecule has 7 heteroatoms. The second kappa shape index (κ2) is 7.92. The topological polar surface area (TPSA) is 89.9 Å². The molecule has 130 valence electrons. The van der Waals surface area contributed by atoms with Crippen LogP contribution in [0.25, 0.3) is 0 Å². The van der Waals surface area contributed by atoms with Crippen LogP contribution in [0, 0.1) is 5.92 Å². The molecule has 1 fully saturated rings. The molecule has 1 unspecified atom stereocenters. The van der Waals surface area contributed by atoms with E-state index in [-0.39, 0.29) is 29.7 Å². The van der Waals surface area contributed by atoms with Crippen LogP contribution in [-0.4, -0.2) is 66.4 Å². The van der Waals surface area contributed by atoms with Crippen LogP contribution in [0.4, 0.5) is 5.69 Å². The molecule has 1 aromatic carbocycles. The fourth-order valence-corrected chi connectivity index (χ4v) is 2.68. The highest BCUT2D eigenvalue weighted by Crippen LogP contribution is 2.20. The van der Waals surface area contributed by atoms with E-state index in [0.717, 1.165) is 13.0 Å². The molecular weight excluding hydrogens is 310 g/mol. The van der Waals surface area contributed by atoms with Crippen LogP contribution in [0.1, 0.15) is 23.2 Å². The largest absolute Gasteiger partial charge is 0.478 e. The predicted octanol–water partition coefficient (Wildman–Crippen LogP) is 1.12. The molecule has 0 spiro atoms. The van der Waals surface area contributed by atoms with Gasteiger partial charge >= 0.3 is 5.97 Å². The number of nitrogens with zero attached hydrogens (tertiary/aromatic N) is 2. The van der Waals surface area contributed by atoms with Crippen molar-refractivity contribution in [1.82, 2.24) is 9.80 Å². The number of carboxylic acids is 1. The number of hydrogen-bond acceptors (Lipinski definition) is 4. The summed E-state index contributed by atoms with van der Waals surface area (Å²) in [4.78, 5) is 38.9. The zero-order chi connectivity index (χ0) is 17.7. The second-order valence-corrected chi connectivity index (χ2v) is 6.27. The number of carbonyl (C=O) groups is 3. The van der Waals surface area contributed by atoms with Gasteiger partial charge in [-0.15, -0.1) is 0 Å². The molecule has 0 bridgehead atoms. The van der Waals surface area contributed by atoms with Gasteiger partial charge in [-0.1, -0.05) is 0 Å². The molecule has 1 saturated heterocycles. The molecule has 1 aromatic rings. The van der Waals surface area contributed by atoms with Gasteiger partial charge < -0.3 is 20.2 Å². The Morgan fingerprint density at radius 1 is 1.29 bits per heavy atom. The fourth-order valence-electron chi connectivity index (χ4n) is 2.68. The van der Waals surface area contributed by atoms with E-state index in [9.17, 15) is 14.4 Å². The molecule has 0 saturated carbocycles. The van der Waals surface area contributed by atoms with Crippen molar-refractivity contribution in [2.75, 3.05) is 39.0 Å². The van der Waals surface area contributed by atoms with Crippen molar-refractivity contribution in [3.8, 4) is 0 Å². The summed E-state index contributed by atoms with van der Waals surface area (Å²) in [5.74, 6) is -1.57. The van der Waals surface area contributed by atoms with E-state index in [0.29, 0.717) is 18.8 Å². The number of likely N-dealkylation sites (tertiary alicyclic amines) is 1. The minimum absolute atomic E-state index is 0.00938. The third-order valence-electron chi connectivity index (χ3n) is 4.02. The summed E-state index contributed by atoms with van der Waals surface area (Å²) >= 11 is 0. The molecule has 1 aliphatic rings. The highest BCUT2D eigenvalue weighted by molar-refractivity contribution is 5.97. The van der Waals surface area contributed by atoms with Crippen LogP contribution in [0.2, 0.25) is 0 Å². The average molecular weight is 333 g/mol. The van der Waals surface area contributed by atoms with Crippen molar-refractivity contribution in [3.63, 3.8) is 0 Å². The van der Waals surface area contributed by atoms with Crippen LogP contribution < -0.4 is 5.32 Å². The SMILES string of the molecule is CN(C)CCCN1CC(C(=O)Nc2ccc(C(=O)O)cc2)CC1=O. The Hall–Kier alpha value is -2.41. The molecule has 1 heterocycles. The van der Waals surface area contributed by atoms with Gasteiger partial charge in [0, 0.05) is 25.2 Å². The van der Waals surface area contributed by atoms with Crippen molar-refractivity contribution in [3.05, 3.63) is 29.8 Å². The lowest BCUT2D eigenvalue weighted by Gasteiger charge is -2.18. The van der Waals surface area contributed by atoms with Crippen LogP contribution >= 0.6 is 0 Å². The number of aromatic carboxylic acids is 1. The number of carbonyl (C=O) groups excluding carboxylic acids is 2. The maximum atomic E-state index is 12.3. The Morgan fingerprint density at radius 2 is 1.96 bits per heavy atom. The summed E-state index contributed by atoms with van der Waals surface area (Å²) in [7, 11) is 3.97. The Kier molecular flexibility index (Phi) is 5.92. The number of nitrogens with one attached hydrogen (secondary N) is 1. The monoisotopic (exact) mass is 333 g/mol. The van der Waals surface area contributed by atoms with E-state index in [1.165, 1.54) is 12.1 Å². The summed E-state index contributed by atoms with van der Waals surface area (Å²) in [6, 6.07) is 5.97. The van der Waals surface area contributed by atoms with Crippen LogP contribution in [0.5, 0.6) is 0 Å². The van der Waals surface area contributed by atoms with E-state index < -0.39 is 5.97 Å². The highest BCUT2D eigenvalue weighted by Gasteiger charge is 2.33. The zero-order valence-corrected chi connectivity index (χ0v) is 14.0. The zero-order valence-electron chi connectivity index (χ0n) is 14.0. The molecule has 24 heavy (non-hydrogen) atoms. The molecular formula is C17H23N3O4. The summed E-state index contributed by atoms with van der Waals surface area (Å²) in [5, 5.41) is 11.6. The quantitative estimate of drug-likeness (QED) is 0.780. The number of benzene rings is 1. The van der Waals surface area contributed by atoms with Crippen molar-refractivity contribution in [2.24, 2.45) is 5.92 Å². The number of rotatable bonds is 7. The maximum Gasteiger partial charge on any atom is 0.335 e. The summed E-state index contributed by atoms with van der Waals surface area (Å²) in [5.41, 5.74) is 0.694. The first-order chi connectivity index (χ1) is 11.4. The first-order valence-electron chi connectivity index (χ1n) is 7.93. The maximum absolute atomic E-state index is 12.3. The molecule has 2 rings (SSSR count). The molecule has 2 N–H and O–H groups in total. The number of amides is 2. The van der Waals surface area contributed by atoms with E-state index >= 15 is 0 Å². The summed E-state index contributed by atoms with van der Waals surface area (Å²) < 4.78 is 0. The molecule has 0 radical (unpaired) electrons. The Bertz CT molecular complexity index is 613. The van der Waals surface area contributed by atoms with E-state index in [1.54, 1.807) is 17.0 Å². The van der Waals surface area contributed by atoms with Crippen molar-refractivity contribution in [1.29, 1.82) is 0 Å². The average Bonchev–Trinajstić information content (AvgIpc) is 2.89. The minimum Gasteiger partial charge on any atom is -0.478 e. The second-order valence-electron chi connectivity index (χ2n) is 6.27. The van der Waals surface area contributed by atoms with Crippen molar-refractivity contribution in [2.45, 2.75) is 12.8 Å². The Labute approximate surface area is 141 Å². The van der Waals surface area contributed by atoms with E-state index in [1.807, 2.05) is 14.1 Å². The summed E-state index contributed by atoms with van der Waals surface area (Å²) in [6.07, 6.45) is 1.10. The van der Waals surface area contributed by atoms with E-state index in [4.69, 9.17) is 5.11 Å². The standard InChI is InChI=1S/C17H23N3O4/c1-19(2)8-3-9-20-11-13(10-15(20)21)16(22)18-14-6-4-12(5-7-14)17(23)24/h4-7,13H,3,8-11H2,1-2H3,(H,18,22)(H,23,24). The molecule has 0 aromatic heterocycles. The smallest absolute Gasteiger partial charge is 0.335 e. The third kappa shape index (κ3) is 4.79. The minimum atomic E-state index is -1.01. The predicted molar refractivity (Wildman–Crippen MR) is 89.9 cm³/mol. The van der Waals surface area contributed by atoms with Gasteiger partial charge in [0.15, 0.2) is 0 Å². The lowest BCUT2D eigenvalue weighted by atomic mass is 10.1. The number of anilines is 1. The molecule has 1 atom stereocenters. The Morgan fingerprint density at radius 3 is 2.54 bits per heavy atom. The van der Waals surface area contributed by atoms with Gasteiger partial charge in [-0.25, -0.2) is 4.79 Å². The lowest BCUT2D eigenvalue weighted by molar-refractivity contribution is -0.128. The van der Waals surface area contributed by atoms with Crippen LogP contribution in [-0.2, 0) is 9.59 Å². The third-order valence-corrected chi connectivity index (χ3v) is 4.02. The van der Waals surface area contributed by atoms with Crippen LogP contribution in [0.3, 0.4) is 0 Å². The van der Waals surface area contributed by atoms with Crippen molar-refractivity contribution < 1.29 is 19.5 Å². The van der Waals surface area contributed by atoms with Gasteiger partial charge in [-0.05, 0) is 51.3 Å². The fraction of sp³-hybridized carbons (Fsp3) is 0.471. The number of hydrogen-bond donors (Lipinski definition) is 2. The first kappa shape index (κ1) is 17.9. The molecule has 1 aliphatic heterocycles. The van der Waals surface area contributed by atoms with E-state index in [2.05, 4.69) is 10.2 Å². The number of carboxylic acid groups (broad SMARTS) is 1. The van der Waals surface area contributed by atoms with Crippen molar-refractivity contribution >= 4 is 23.5 Å².